The summed E-state index contributed by atoms with van der Waals surface area (Å²) in [4.78, 5) is 11.6. The number of hydrogen-bond acceptors (Lipinski definition) is 3. The predicted molar refractivity (Wildman–Crippen MR) is 130 cm³/mol. The molecular formula is C27H45NO2. The van der Waals surface area contributed by atoms with Crippen molar-refractivity contribution >= 4 is 11.7 Å². The summed E-state index contributed by atoms with van der Waals surface area (Å²) in [6, 6.07) is 7.54. The van der Waals surface area contributed by atoms with E-state index in [2.05, 4.69) is 24.4 Å². The number of esters is 1. The SMILES string of the molecule is CCCCCCCC/C=C/CCCCCCCCNc1ccc(C(=O)OCC)cc1. The van der Waals surface area contributed by atoms with E-state index in [-0.39, 0.29) is 5.97 Å². The number of anilines is 1. The minimum Gasteiger partial charge on any atom is -0.462 e. The van der Waals surface area contributed by atoms with E-state index in [0.717, 1.165) is 12.2 Å². The van der Waals surface area contributed by atoms with Gasteiger partial charge in [-0.3, -0.25) is 0 Å². The van der Waals surface area contributed by atoms with Crippen LogP contribution in [-0.4, -0.2) is 19.1 Å². The van der Waals surface area contributed by atoms with Crippen LogP contribution in [0.1, 0.15) is 114 Å². The Hall–Kier alpha value is -1.77. The van der Waals surface area contributed by atoms with Gasteiger partial charge in [0, 0.05) is 12.2 Å². The smallest absolute Gasteiger partial charge is 0.338 e. The van der Waals surface area contributed by atoms with E-state index in [4.69, 9.17) is 4.74 Å². The molecule has 0 spiro atoms. The number of rotatable bonds is 19. The summed E-state index contributed by atoms with van der Waals surface area (Å²) < 4.78 is 5.00. The van der Waals surface area contributed by atoms with Gasteiger partial charge in [-0.15, -0.1) is 0 Å². The average Bonchev–Trinajstić information content (AvgIpc) is 2.76. The molecule has 3 nitrogen and oxygen atoms in total. The van der Waals surface area contributed by atoms with Crippen molar-refractivity contribution in [2.24, 2.45) is 0 Å². The van der Waals surface area contributed by atoms with Crippen molar-refractivity contribution in [2.75, 3.05) is 18.5 Å². The van der Waals surface area contributed by atoms with Gasteiger partial charge in [0.2, 0.25) is 0 Å². The van der Waals surface area contributed by atoms with Crippen LogP contribution in [0.3, 0.4) is 0 Å². The predicted octanol–water partition coefficient (Wildman–Crippen LogP) is 8.31. The van der Waals surface area contributed by atoms with Crippen LogP contribution < -0.4 is 5.32 Å². The van der Waals surface area contributed by atoms with Crippen LogP contribution in [0.5, 0.6) is 0 Å². The fourth-order valence-electron chi connectivity index (χ4n) is 3.54. The lowest BCUT2D eigenvalue weighted by atomic mass is 10.1. The van der Waals surface area contributed by atoms with Crippen LogP contribution in [0.25, 0.3) is 0 Å². The molecule has 0 amide bonds. The maximum atomic E-state index is 11.6. The van der Waals surface area contributed by atoms with Crippen LogP contribution in [0, 0.1) is 0 Å². The number of carbonyl (C=O) groups is 1. The topological polar surface area (TPSA) is 38.3 Å². The molecule has 0 saturated carbocycles. The Morgan fingerprint density at radius 2 is 1.30 bits per heavy atom. The molecule has 0 atom stereocenters. The summed E-state index contributed by atoms with van der Waals surface area (Å²) in [6.45, 7) is 5.50. The lowest BCUT2D eigenvalue weighted by Gasteiger charge is -2.07. The van der Waals surface area contributed by atoms with Gasteiger partial charge >= 0.3 is 5.97 Å². The highest BCUT2D eigenvalue weighted by Gasteiger charge is 2.05. The van der Waals surface area contributed by atoms with E-state index in [1.165, 1.54) is 89.9 Å². The number of carbonyl (C=O) groups excluding carboxylic acids is 1. The van der Waals surface area contributed by atoms with Crippen molar-refractivity contribution < 1.29 is 9.53 Å². The molecule has 30 heavy (non-hydrogen) atoms. The molecule has 0 heterocycles. The fourth-order valence-corrected chi connectivity index (χ4v) is 3.54. The number of unbranched alkanes of at least 4 members (excludes halogenated alkanes) is 12. The molecule has 3 heteroatoms. The molecule has 0 aliphatic carbocycles. The molecule has 0 saturated heterocycles. The number of hydrogen-bond donors (Lipinski definition) is 1. The Balaban J connectivity index is 1.88. The first-order valence-electron chi connectivity index (χ1n) is 12.4. The average molecular weight is 416 g/mol. The number of ether oxygens (including phenoxy) is 1. The van der Waals surface area contributed by atoms with Crippen LogP contribution >= 0.6 is 0 Å². The van der Waals surface area contributed by atoms with Crippen LogP contribution in [0.2, 0.25) is 0 Å². The minimum absolute atomic E-state index is 0.252. The number of nitrogens with one attached hydrogen (secondary N) is 1. The van der Waals surface area contributed by atoms with Gasteiger partial charge in [0.1, 0.15) is 0 Å². The van der Waals surface area contributed by atoms with Gasteiger partial charge in [0.05, 0.1) is 12.2 Å². The van der Waals surface area contributed by atoms with E-state index < -0.39 is 0 Å². The quantitative estimate of drug-likeness (QED) is 0.140. The highest BCUT2D eigenvalue weighted by Crippen LogP contribution is 2.12. The van der Waals surface area contributed by atoms with Crippen molar-refractivity contribution in [3.05, 3.63) is 42.0 Å². The molecule has 0 aliphatic rings. The molecule has 1 N–H and O–H groups in total. The number of benzene rings is 1. The first-order chi connectivity index (χ1) is 14.8. The van der Waals surface area contributed by atoms with E-state index in [1.54, 1.807) is 0 Å². The molecule has 0 aliphatic heterocycles. The summed E-state index contributed by atoms with van der Waals surface area (Å²) in [6.07, 6.45) is 23.5. The van der Waals surface area contributed by atoms with E-state index >= 15 is 0 Å². The van der Waals surface area contributed by atoms with Gasteiger partial charge in [-0.1, -0.05) is 76.9 Å². The number of allylic oxidation sites excluding steroid dienone is 2. The fraction of sp³-hybridized carbons (Fsp3) is 0.667. The summed E-state index contributed by atoms with van der Waals surface area (Å²) >= 11 is 0. The Bertz CT molecular complexity index is 550. The van der Waals surface area contributed by atoms with Crippen molar-refractivity contribution in [2.45, 2.75) is 104 Å². The van der Waals surface area contributed by atoms with Crippen molar-refractivity contribution in [1.82, 2.24) is 0 Å². The molecule has 0 fully saturated rings. The maximum Gasteiger partial charge on any atom is 0.338 e. The lowest BCUT2D eigenvalue weighted by molar-refractivity contribution is 0.0526. The van der Waals surface area contributed by atoms with Gasteiger partial charge < -0.3 is 10.1 Å². The summed E-state index contributed by atoms with van der Waals surface area (Å²) in [5.41, 5.74) is 1.68. The second-order valence-corrected chi connectivity index (χ2v) is 8.16. The molecule has 0 radical (unpaired) electrons. The maximum absolute atomic E-state index is 11.6. The van der Waals surface area contributed by atoms with Gasteiger partial charge in [-0.25, -0.2) is 4.79 Å². The summed E-state index contributed by atoms with van der Waals surface area (Å²) in [5, 5.41) is 3.43. The second kappa shape index (κ2) is 19.2. The Labute approximate surface area is 185 Å². The Morgan fingerprint density at radius 3 is 1.87 bits per heavy atom. The van der Waals surface area contributed by atoms with Gasteiger partial charge in [-0.05, 0) is 63.3 Å². The Morgan fingerprint density at radius 1 is 0.767 bits per heavy atom. The molecule has 0 aromatic heterocycles. The van der Waals surface area contributed by atoms with Gasteiger partial charge in [-0.2, -0.15) is 0 Å². The molecular weight excluding hydrogens is 370 g/mol. The van der Waals surface area contributed by atoms with Gasteiger partial charge in [0.25, 0.3) is 0 Å². The third-order valence-electron chi connectivity index (χ3n) is 5.41. The van der Waals surface area contributed by atoms with E-state index in [1.807, 2.05) is 31.2 Å². The first kappa shape index (κ1) is 26.3. The lowest BCUT2D eigenvalue weighted by Crippen LogP contribution is -2.05. The standard InChI is InChI=1S/C27H45NO2/c1-3-5-6-7-8-9-10-11-12-13-14-15-16-17-18-19-24-28-26-22-20-25(21-23-26)27(29)30-4-2/h11-12,20-23,28H,3-10,13-19,24H2,1-2H3/b12-11+. The van der Waals surface area contributed by atoms with Crippen LogP contribution in [0.15, 0.2) is 36.4 Å². The normalized spacial score (nSPS) is 11.1. The zero-order valence-electron chi connectivity index (χ0n) is 19.6. The molecule has 0 bridgehead atoms. The highest BCUT2D eigenvalue weighted by molar-refractivity contribution is 5.89. The van der Waals surface area contributed by atoms with Crippen molar-refractivity contribution in [3.8, 4) is 0 Å². The second-order valence-electron chi connectivity index (χ2n) is 8.16. The third-order valence-corrected chi connectivity index (χ3v) is 5.41. The summed E-state index contributed by atoms with van der Waals surface area (Å²) in [7, 11) is 0. The highest BCUT2D eigenvalue weighted by atomic mass is 16.5. The zero-order chi connectivity index (χ0) is 21.7. The van der Waals surface area contributed by atoms with Crippen LogP contribution in [-0.2, 0) is 4.74 Å². The van der Waals surface area contributed by atoms with Crippen molar-refractivity contribution in [3.63, 3.8) is 0 Å². The van der Waals surface area contributed by atoms with E-state index in [9.17, 15) is 4.79 Å². The Kier molecular flexibility index (Phi) is 16.8. The molecule has 170 valence electrons. The largest absolute Gasteiger partial charge is 0.462 e. The monoisotopic (exact) mass is 415 g/mol. The van der Waals surface area contributed by atoms with Crippen molar-refractivity contribution in [1.29, 1.82) is 0 Å². The third kappa shape index (κ3) is 14.3. The summed E-state index contributed by atoms with van der Waals surface area (Å²) in [5.74, 6) is -0.252. The molecule has 1 aromatic rings. The first-order valence-corrected chi connectivity index (χ1v) is 12.4. The molecule has 0 unspecified atom stereocenters. The molecule has 1 rings (SSSR count). The van der Waals surface area contributed by atoms with E-state index in [0.29, 0.717) is 12.2 Å². The van der Waals surface area contributed by atoms with Crippen LogP contribution in [0.4, 0.5) is 5.69 Å². The zero-order valence-corrected chi connectivity index (χ0v) is 19.6. The molecule has 1 aromatic carbocycles. The van der Waals surface area contributed by atoms with Gasteiger partial charge in [0.15, 0.2) is 0 Å². The minimum atomic E-state index is -0.252.